The maximum Gasteiger partial charge on any atom is 0.250 e. The Hall–Kier alpha value is -0.140. The largest absolute Gasteiger partial charge is 0.317 e. The van der Waals surface area contributed by atoms with E-state index in [0.29, 0.717) is 21.0 Å². The lowest BCUT2D eigenvalue weighted by atomic mass is 9.99. The van der Waals surface area contributed by atoms with E-state index in [2.05, 4.69) is 10.0 Å². The Kier molecular flexibility index (Phi) is 4.66. The molecule has 1 aromatic heterocycles. The SMILES string of the molecule is Cc1cc(S(=O)(=O)NCC2CCNCC2)sc1Cl. The summed E-state index contributed by atoms with van der Waals surface area (Å²) in [6.45, 7) is 4.26. The number of hydrogen-bond donors (Lipinski definition) is 2. The predicted molar refractivity (Wildman–Crippen MR) is 74.8 cm³/mol. The Morgan fingerprint density at radius 3 is 2.72 bits per heavy atom. The van der Waals surface area contributed by atoms with Crippen molar-refractivity contribution >= 4 is 33.0 Å². The standard InChI is InChI=1S/C11H17ClN2O2S2/c1-8-6-10(17-11(8)12)18(15,16)14-7-9-2-4-13-5-3-9/h6,9,13-14H,2-5,7H2,1H3. The number of sulfonamides is 1. The molecule has 1 saturated heterocycles. The number of halogens is 1. The Morgan fingerprint density at radius 2 is 2.17 bits per heavy atom. The van der Waals surface area contributed by atoms with Crippen LogP contribution in [0.5, 0.6) is 0 Å². The van der Waals surface area contributed by atoms with Gasteiger partial charge in [0.25, 0.3) is 0 Å². The third kappa shape index (κ3) is 3.45. The first kappa shape index (κ1) is 14.3. The van der Waals surface area contributed by atoms with Crippen molar-refractivity contribution in [2.75, 3.05) is 19.6 Å². The van der Waals surface area contributed by atoms with Gasteiger partial charge in [-0.3, -0.25) is 0 Å². The lowest BCUT2D eigenvalue weighted by molar-refractivity contribution is 0.372. The molecule has 2 heterocycles. The molecule has 0 amide bonds. The molecular weight excluding hydrogens is 292 g/mol. The van der Waals surface area contributed by atoms with Crippen LogP contribution in [0.15, 0.2) is 10.3 Å². The summed E-state index contributed by atoms with van der Waals surface area (Å²) in [7, 11) is -3.40. The molecule has 4 nitrogen and oxygen atoms in total. The van der Waals surface area contributed by atoms with Gasteiger partial charge in [0.05, 0.1) is 4.34 Å². The first-order valence-electron chi connectivity index (χ1n) is 5.95. The maximum absolute atomic E-state index is 12.1. The average molecular weight is 309 g/mol. The van der Waals surface area contributed by atoms with Gasteiger partial charge in [0.15, 0.2) is 0 Å². The van der Waals surface area contributed by atoms with Crippen LogP contribution < -0.4 is 10.0 Å². The van der Waals surface area contributed by atoms with Gasteiger partial charge >= 0.3 is 0 Å². The molecule has 7 heteroatoms. The second-order valence-electron chi connectivity index (χ2n) is 4.57. The molecule has 0 radical (unpaired) electrons. The summed E-state index contributed by atoms with van der Waals surface area (Å²) in [6, 6.07) is 1.62. The summed E-state index contributed by atoms with van der Waals surface area (Å²) in [5.41, 5.74) is 0.809. The summed E-state index contributed by atoms with van der Waals surface area (Å²) in [6.07, 6.45) is 2.04. The Morgan fingerprint density at radius 1 is 1.50 bits per heavy atom. The molecule has 2 rings (SSSR count). The molecule has 1 aliphatic rings. The molecule has 2 N–H and O–H groups in total. The number of rotatable bonds is 4. The first-order valence-corrected chi connectivity index (χ1v) is 8.63. The zero-order chi connectivity index (χ0) is 13.2. The average Bonchev–Trinajstić information content (AvgIpc) is 2.70. The van der Waals surface area contributed by atoms with Gasteiger partial charge in [-0.15, -0.1) is 11.3 Å². The van der Waals surface area contributed by atoms with Crippen molar-refractivity contribution in [3.63, 3.8) is 0 Å². The van der Waals surface area contributed by atoms with Crippen LogP contribution in [-0.2, 0) is 10.0 Å². The van der Waals surface area contributed by atoms with Gasteiger partial charge in [-0.05, 0) is 50.4 Å². The van der Waals surface area contributed by atoms with Crippen molar-refractivity contribution < 1.29 is 8.42 Å². The number of aryl methyl sites for hydroxylation is 1. The van der Waals surface area contributed by atoms with Crippen molar-refractivity contribution in [1.29, 1.82) is 0 Å². The van der Waals surface area contributed by atoms with Gasteiger partial charge in [-0.1, -0.05) is 11.6 Å². The number of piperidine rings is 1. The van der Waals surface area contributed by atoms with Crippen molar-refractivity contribution in [2.24, 2.45) is 5.92 Å². The Balaban J connectivity index is 1.98. The number of hydrogen-bond acceptors (Lipinski definition) is 4. The quantitative estimate of drug-likeness (QED) is 0.894. The van der Waals surface area contributed by atoms with Crippen LogP contribution >= 0.6 is 22.9 Å². The summed E-state index contributed by atoms with van der Waals surface area (Å²) in [5, 5.41) is 3.26. The summed E-state index contributed by atoms with van der Waals surface area (Å²) in [5.74, 6) is 0.428. The van der Waals surface area contributed by atoms with E-state index in [1.54, 1.807) is 6.07 Å². The molecule has 102 valence electrons. The molecule has 0 spiro atoms. The molecule has 1 aliphatic heterocycles. The number of nitrogens with one attached hydrogen (secondary N) is 2. The van der Waals surface area contributed by atoms with Gasteiger partial charge in [0, 0.05) is 6.54 Å². The molecule has 1 aromatic rings. The second-order valence-corrected chi connectivity index (χ2v) is 8.22. The smallest absolute Gasteiger partial charge is 0.250 e. The summed E-state index contributed by atoms with van der Waals surface area (Å²) >= 11 is 7.01. The molecule has 0 aromatic carbocycles. The van der Waals surface area contributed by atoms with Crippen LogP contribution in [0, 0.1) is 12.8 Å². The molecule has 0 aliphatic carbocycles. The predicted octanol–water partition coefficient (Wildman–Crippen LogP) is 1.99. The van der Waals surface area contributed by atoms with Gasteiger partial charge in [-0.25, -0.2) is 13.1 Å². The van der Waals surface area contributed by atoms with Crippen LogP contribution in [0.2, 0.25) is 4.34 Å². The van der Waals surface area contributed by atoms with Gasteiger partial charge in [-0.2, -0.15) is 0 Å². The van der Waals surface area contributed by atoms with E-state index >= 15 is 0 Å². The normalized spacial score (nSPS) is 18.1. The van der Waals surface area contributed by atoms with E-state index in [0.717, 1.165) is 42.8 Å². The molecule has 0 atom stereocenters. The van der Waals surface area contributed by atoms with Gasteiger partial charge < -0.3 is 5.32 Å². The van der Waals surface area contributed by atoms with E-state index in [1.165, 1.54) is 0 Å². The van der Waals surface area contributed by atoms with Crippen LogP contribution in [0.25, 0.3) is 0 Å². The van der Waals surface area contributed by atoms with E-state index in [9.17, 15) is 8.42 Å². The minimum Gasteiger partial charge on any atom is -0.317 e. The van der Waals surface area contributed by atoms with Crippen molar-refractivity contribution in [3.05, 3.63) is 16.0 Å². The second kappa shape index (κ2) is 5.88. The van der Waals surface area contributed by atoms with E-state index in [1.807, 2.05) is 6.92 Å². The van der Waals surface area contributed by atoms with E-state index in [-0.39, 0.29) is 0 Å². The van der Waals surface area contributed by atoms with Crippen molar-refractivity contribution in [2.45, 2.75) is 24.0 Å². The molecule has 0 unspecified atom stereocenters. The minimum absolute atomic E-state index is 0.305. The zero-order valence-corrected chi connectivity index (χ0v) is 12.6. The monoisotopic (exact) mass is 308 g/mol. The Bertz CT molecular complexity index is 488. The highest BCUT2D eigenvalue weighted by atomic mass is 35.5. The molecule has 0 bridgehead atoms. The number of thiophene rings is 1. The lowest BCUT2D eigenvalue weighted by Gasteiger charge is -2.22. The topological polar surface area (TPSA) is 58.2 Å². The highest BCUT2D eigenvalue weighted by Gasteiger charge is 2.21. The van der Waals surface area contributed by atoms with Gasteiger partial charge in [0.2, 0.25) is 10.0 Å². The molecular formula is C11H17ClN2O2S2. The highest BCUT2D eigenvalue weighted by molar-refractivity contribution is 7.91. The van der Waals surface area contributed by atoms with Crippen LogP contribution in [0.4, 0.5) is 0 Å². The molecule has 1 fully saturated rings. The first-order chi connectivity index (χ1) is 8.49. The Labute approximate surface area is 117 Å². The summed E-state index contributed by atoms with van der Waals surface area (Å²) in [4.78, 5) is 0. The lowest BCUT2D eigenvalue weighted by Crippen LogP contribution is -2.35. The third-order valence-electron chi connectivity index (χ3n) is 3.12. The van der Waals surface area contributed by atoms with Crippen LogP contribution in [-0.4, -0.2) is 28.1 Å². The fraction of sp³-hybridized carbons (Fsp3) is 0.636. The molecule has 18 heavy (non-hydrogen) atoms. The summed E-state index contributed by atoms with van der Waals surface area (Å²) < 4.78 is 27.7. The molecule has 0 saturated carbocycles. The van der Waals surface area contributed by atoms with E-state index in [4.69, 9.17) is 11.6 Å². The maximum atomic E-state index is 12.1. The van der Waals surface area contributed by atoms with E-state index < -0.39 is 10.0 Å². The van der Waals surface area contributed by atoms with Crippen molar-refractivity contribution in [3.8, 4) is 0 Å². The van der Waals surface area contributed by atoms with Gasteiger partial charge in [0.1, 0.15) is 4.21 Å². The third-order valence-corrected chi connectivity index (χ3v) is 6.57. The zero-order valence-electron chi connectivity index (χ0n) is 10.2. The fourth-order valence-electron chi connectivity index (χ4n) is 1.95. The minimum atomic E-state index is -3.40. The van der Waals surface area contributed by atoms with Crippen molar-refractivity contribution in [1.82, 2.24) is 10.0 Å². The van der Waals surface area contributed by atoms with Crippen LogP contribution in [0.1, 0.15) is 18.4 Å². The van der Waals surface area contributed by atoms with Crippen LogP contribution in [0.3, 0.4) is 0 Å². The fourth-order valence-corrected chi connectivity index (χ4v) is 4.82. The highest BCUT2D eigenvalue weighted by Crippen LogP contribution is 2.30.